The largest absolute Gasteiger partial charge is 0.415 e. The maximum Gasteiger partial charge on any atom is 0.415 e. The highest BCUT2D eigenvalue weighted by molar-refractivity contribution is 4.95. The van der Waals surface area contributed by atoms with Crippen LogP contribution in [0.1, 0.15) is 0 Å². The Labute approximate surface area is 40.6 Å². The van der Waals surface area contributed by atoms with Gasteiger partial charge >= 0.3 is 12.1 Å². The summed E-state index contributed by atoms with van der Waals surface area (Å²) in [6, 6.07) is -9.12. The molecule has 0 aliphatic carbocycles. The number of alkyl halides is 4. The molecule has 0 spiro atoms. The summed E-state index contributed by atoms with van der Waals surface area (Å²) in [6.45, 7) is 0. The Balaban J connectivity index is 2.72. The van der Waals surface area contributed by atoms with Crippen molar-refractivity contribution in [2.45, 2.75) is 12.1 Å². The van der Waals surface area contributed by atoms with Crippen molar-refractivity contribution in [2.24, 2.45) is 0 Å². The van der Waals surface area contributed by atoms with E-state index < -0.39 is 17.2 Å². The first-order valence-corrected chi connectivity index (χ1v) is 1.62. The van der Waals surface area contributed by atoms with Crippen molar-refractivity contribution in [1.29, 1.82) is 0 Å². The summed E-state index contributed by atoms with van der Waals surface area (Å²) < 4.78 is 55.4. The topological polar surface area (TPSA) is 3.01 Å². The zero-order valence-electron chi connectivity index (χ0n) is 3.34. The van der Waals surface area contributed by atoms with Crippen LogP contribution in [-0.4, -0.2) is 17.2 Å². The van der Waals surface area contributed by atoms with E-state index in [1.165, 1.54) is 0 Å². The molecule has 0 radical (unpaired) electrons. The molecule has 1 fully saturated rings. The highest BCUT2D eigenvalue weighted by Gasteiger charge is 2.87. The van der Waals surface area contributed by atoms with Crippen LogP contribution in [0.3, 0.4) is 0 Å². The Hall–Kier alpha value is -0.390. The van der Waals surface area contributed by atoms with Crippen molar-refractivity contribution >= 4 is 0 Å². The van der Waals surface area contributed by atoms with Gasteiger partial charge in [0.1, 0.15) is 0 Å². The molecule has 0 amide bonds. The lowest BCUT2D eigenvalue weighted by Gasteiger charge is -1.81. The van der Waals surface area contributed by atoms with Crippen molar-refractivity contribution in [3.05, 3.63) is 0 Å². The SMILES string of the molecule is FN1C(F)(F)C1(F)F. The molecule has 0 aromatic carbocycles. The highest BCUT2D eigenvalue weighted by Crippen LogP contribution is 2.56. The lowest BCUT2D eigenvalue weighted by molar-refractivity contribution is -0.0317. The van der Waals surface area contributed by atoms with Crippen LogP contribution in [0.2, 0.25) is 0 Å². The van der Waals surface area contributed by atoms with Gasteiger partial charge in [0.2, 0.25) is 0 Å². The molecule has 1 saturated heterocycles. The predicted molar refractivity (Wildman–Crippen MR) is 12.8 cm³/mol. The quantitative estimate of drug-likeness (QED) is 0.209. The van der Waals surface area contributed by atoms with Crippen LogP contribution in [-0.2, 0) is 0 Å². The molecule has 1 rings (SSSR count). The first kappa shape index (κ1) is 5.74. The maximum absolute atomic E-state index is 11.1. The van der Waals surface area contributed by atoms with E-state index in [2.05, 4.69) is 0 Å². The second kappa shape index (κ2) is 0.975. The molecule has 6 heteroatoms. The Morgan fingerprint density at radius 3 is 1.00 bits per heavy atom. The van der Waals surface area contributed by atoms with Gasteiger partial charge in [0.25, 0.3) is 0 Å². The van der Waals surface area contributed by atoms with Crippen LogP contribution in [0.5, 0.6) is 0 Å². The van der Waals surface area contributed by atoms with E-state index in [1.807, 2.05) is 0 Å². The molecule has 0 saturated carbocycles. The standard InChI is InChI=1S/C2F5N/c3-1(4)2(5,6)8(1)7. The molecule has 8 heavy (non-hydrogen) atoms. The summed E-state index contributed by atoms with van der Waals surface area (Å²) in [5.74, 6) is 0. The summed E-state index contributed by atoms with van der Waals surface area (Å²) >= 11 is 0. The number of nitrogens with zero attached hydrogens (tertiary/aromatic N) is 1. The zero-order valence-corrected chi connectivity index (χ0v) is 3.34. The van der Waals surface area contributed by atoms with E-state index in [-0.39, 0.29) is 0 Å². The van der Waals surface area contributed by atoms with Crippen molar-refractivity contribution in [3.8, 4) is 0 Å². The van der Waals surface area contributed by atoms with Gasteiger partial charge in [-0.1, -0.05) is 0 Å². The summed E-state index contributed by atoms with van der Waals surface area (Å²) in [4.78, 5) is 0. The summed E-state index contributed by atoms with van der Waals surface area (Å²) in [5.41, 5.74) is 0. The third kappa shape index (κ3) is 0.344. The molecule has 1 aliphatic rings. The fraction of sp³-hybridized carbons (Fsp3) is 1.00. The highest BCUT2D eigenvalue weighted by atomic mass is 19.4. The summed E-state index contributed by atoms with van der Waals surface area (Å²) in [7, 11) is 0. The van der Waals surface area contributed by atoms with Gasteiger partial charge < -0.3 is 0 Å². The number of hydrogen-bond donors (Lipinski definition) is 0. The average molecular weight is 133 g/mol. The minimum absolute atomic E-state index is 1.79. The summed E-state index contributed by atoms with van der Waals surface area (Å²) in [6.07, 6.45) is 0. The van der Waals surface area contributed by atoms with E-state index in [1.54, 1.807) is 0 Å². The molecule has 0 aromatic heterocycles. The number of halogens is 5. The van der Waals surface area contributed by atoms with Crippen molar-refractivity contribution in [2.75, 3.05) is 0 Å². The third-order valence-corrected chi connectivity index (χ3v) is 0.805. The Kier molecular flexibility index (Phi) is 0.699. The average Bonchev–Trinajstić information content (AvgIpc) is 1.88. The van der Waals surface area contributed by atoms with Gasteiger partial charge in [0.15, 0.2) is 0 Å². The van der Waals surface area contributed by atoms with E-state index in [0.29, 0.717) is 0 Å². The van der Waals surface area contributed by atoms with E-state index in [4.69, 9.17) is 0 Å². The van der Waals surface area contributed by atoms with Crippen LogP contribution < -0.4 is 0 Å². The van der Waals surface area contributed by atoms with E-state index >= 15 is 0 Å². The van der Waals surface area contributed by atoms with Gasteiger partial charge in [-0.15, -0.1) is 4.48 Å². The molecule has 0 bridgehead atoms. The molecule has 0 aromatic rings. The number of hydrogen-bond acceptors (Lipinski definition) is 1. The Morgan fingerprint density at radius 2 is 1.00 bits per heavy atom. The molecule has 0 atom stereocenters. The second-order valence-electron chi connectivity index (χ2n) is 1.36. The Morgan fingerprint density at radius 1 is 0.875 bits per heavy atom. The zero-order chi connectivity index (χ0) is 6.58. The van der Waals surface area contributed by atoms with Gasteiger partial charge in [-0.05, 0) is 5.12 Å². The minimum atomic E-state index is -4.56. The monoisotopic (exact) mass is 133 g/mol. The molecule has 0 N–H and O–H groups in total. The van der Waals surface area contributed by atoms with Gasteiger partial charge in [-0.25, -0.2) is 0 Å². The third-order valence-electron chi connectivity index (χ3n) is 0.805. The van der Waals surface area contributed by atoms with Crippen LogP contribution in [0.15, 0.2) is 0 Å². The predicted octanol–water partition coefficient (Wildman–Crippen LogP) is 1.37. The fourth-order valence-corrected chi connectivity index (χ4v) is 0.231. The smallest absolute Gasteiger partial charge is 0.177 e. The lowest BCUT2D eigenvalue weighted by atomic mass is 10.8. The second-order valence-corrected chi connectivity index (χ2v) is 1.36. The minimum Gasteiger partial charge on any atom is -0.177 e. The normalized spacial score (nSPS) is 32.6. The van der Waals surface area contributed by atoms with Crippen LogP contribution in [0.4, 0.5) is 22.0 Å². The first-order valence-electron chi connectivity index (χ1n) is 1.62. The van der Waals surface area contributed by atoms with Gasteiger partial charge in [0.05, 0.1) is 0 Å². The van der Waals surface area contributed by atoms with E-state index in [9.17, 15) is 22.0 Å². The van der Waals surface area contributed by atoms with Gasteiger partial charge in [0, 0.05) is 0 Å². The summed E-state index contributed by atoms with van der Waals surface area (Å²) in [5, 5.41) is -1.79. The molecular formula is C2F5N. The molecule has 48 valence electrons. The maximum atomic E-state index is 11.1. The van der Waals surface area contributed by atoms with Crippen molar-refractivity contribution in [1.82, 2.24) is 5.12 Å². The fourth-order valence-electron chi connectivity index (χ4n) is 0.231. The molecule has 0 unspecified atom stereocenters. The first-order chi connectivity index (χ1) is 3.40. The number of rotatable bonds is 0. The van der Waals surface area contributed by atoms with Crippen LogP contribution in [0.25, 0.3) is 0 Å². The Bertz CT molecular complexity index is 106. The van der Waals surface area contributed by atoms with Gasteiger partial charge in [-0.2, -0.15) is 17.6 Å². The van der Waals surface area contributed by atoms with Gasteiger partial charge in [-0.3, -0.25) is 0 Å². The van der Waals surface area contributed by atoms with Crippen molar-refractivity contribution < 1.29 is 22.0 Å². The molecule has 1 aliphatic heterocycles. The van der Waals surface area contributed by atoms with E-state index in [0.717, 1.165) is 0 Å². The molecular weight excluding hydrogens is 133 g/mol. The van der Waals surface area contributed by atoms with Crippen LogP contribution >= 0.6 is 0 Å². The molecule has 1 nitrogen and oxygen atoms in total. The van der Waals surface area contributed by atoms with Crippen LogP contribution in [0, 0.1) is 0 Å². The molecule has 1 heterocycles. The lowest BCUT2D eigenvalue weighted by Crippen LogP contribution is -2.02. The van der Waals surface area contributed by atoms with Crippen molar-refractivity contribution in [3.63, 3.8) is 0 Å².